The summed E-state index contributed by atoms with van der Waals surface area (Å²) >= 11 is 6.04. The van der Waals surface area contributed by atoms with Crippen molar-refractivity contribution in [2.24, 2.45) is 4.99 Å². The highest BCUT2D eigenvalue weighted by Crippen LogP contribution is 2.20. The van der Waals surface area contributed by atoms with Crippen LogP contribution in [0.3, 0.4) is 0 Å². The average Bonchev–Trinajstić information content (AvgIpc) is 2.53. The molecule has 0 aliphatic heterocycles. The summed E-state index contributed by atoms with van der Waals surface area (Å²) in [4.78, 5) is 16.0. The van der Waals surface area contributed by atoms with E-state index in [4.69, 9.17) is 16.3 Å². The van der Waals surface area contributed by atoms with Crippen LogP contribution in [0.25, 0.3) is 0 Å². The predicted octanol–water partition coefficient (Wildman–Crippen LogP) is 3.58. The van der Waals surface area contributed by atoms with E-state index in [1.807, 2.05) is 12.1 Å². The molecule has 114 valence electrons. The van der Waals surface area contributed by atoms with Crippen molar-refractivity contribution in [1.82, 2.24) is 5.43 Å². The number of nitrogens with one attached hydrogen (secondary N) is 2. The summed E-state index contributed by atoms with van der Waals surface area (Å²) in [5.41, 5.74) is 6.97. The SMILES string of the molecule is COc1ccc(N=C(NNc2ccccc2Cl)C(C)=O)cc1. The summed E-state index contributed by atoms with van der Waals surface area (Å²) in [6, 6.07) is 14.3. The van der Waals surface area contributed by atoms with Gasteiger partial charge in [-0.25, -0.2) is 4.99 Å². The molecule has 22 heavy (non-hydrogen) atoms. The third-order valence-corrected chi connectivity index (χ3v) is 3.17. The van der Waals surface area contributed by atoms with E-state index in [0.29, 0.717) is 16.4 Å². The van der Waals surface area contributed by atoms with Gasteiger partial charge in [0, 0.05) is 6.92 Å². The summed E-state index contributed by atoms with van der Waals surface area (Å²) in [7, 11) is 1.59. The number of benzene rings is 2. The Kier molecular flexibility index (Phi) is 5.38. The highest BCUT2D eigenvalue weighted by Gasteiger charge is 2.07. The van der Waals surface area contributed by atoms with Crippen LogP contribution in [0.4, 0.5) is 11.4 Å². The van der Waals surface area contributed by atoms with Gasteiger partial charge in [-0.05, 0) is 36.4 Å². The number of hydrazine groups is 1. The molecule has 0 spiro atoms. The molecule has 0 amide bonds. The van der Waals surface area contributed by atoms with Crippen LogP contribution < -0.4 is 15.6 Å². The Hall–Kier alpha value is -2.53. The number of halogens is 1. The zero-order chi connectivity index (χ0) is 15.9. The van der Waals surface area contributed by atoms with Crippen molar-refractivity contribution in [3.8, 4) is 5.75 Å². The maximum Gasteiger partial charge on any atom is 0.196 e. The van der Waals surface area contributed by atoms with E-state index in [2.05, 4.69) is 15.8 Å². The predicted molar refractivity (Wildman–Crippen MR) is 89.0 cm³/mol. The number of hydrogen-bond donors (Lipinski definition) is 2. The van der Waals surface area contributed by atoms with E-state index in [-0.39, 0.29) is 11.6 Å². The normalized spacial score (nSPS) is 11.0. The lowest BCUT2D eigenvalue weighted by Crippen LogP contribution is -2.34. The van der Waals surface area contributed by atoms with Crippen LogP contribution in [0, 0.1) is 0 Å². The molecule has 6 heteroatoms. The first-order chi connectivity index (χ1) is 10.6. The molecule has 2 aromatic rings. The Morgan fingerprint density at radius 1 is 1.14 bits per heavy atom. The number of ether oxygens (including phenoxy) is 1. The number of nitrogens with zero attached hydrogens (tertiary/aromatic N) is 1. The molecule has 0 heterocycles. The van der Waals surface area contributed by atoms with E-state index in [1.165, 1.54) is 6.92 Å². The van der Waals surface area contributed by atoms with Crippen LogP contribution >= 0.6 is 11.6 Å². The zero-order valence-corrected chi connectivity index (χ0v) is 13.0. The number of anilines is 1. The summed E-state index contributed by atoms with van der Waals surface area (Å²) in [5, 5.41) is 0.544. The molecule has 0 aliphatic rings. The third kappa shape index (κ3) is 4.23. The van der Waals surface area contributed by atoms with Crippen molar-refractivity contribution in [1.29, 1.82) is 0 Å². The first-order valence-electron chi connectivity index (χ1n) is 6.60. The molecule has 0 atom stereocenters. The second kappa shape index (κ2) is 7.47. The Morgan fingerprint density at radius 3 is 2.41 bits per heavy atom. The van der Waals surface area contributed by atoms with E-state index in [9.17, 15) is 4.79 Å². The second-order valence-corrected chi connectivity index (χ2v) is 4.85. The number of amidine groups is 1. The van der Waals surface area contributed by atoms with Gasteiger partial charge in [0.05, 0.1) is 23.5 Å². The zero-order valence-electron chi connectivity index (χ0n) is 12.3. The summed E-state index contributed by atoms with van der Waals surface area (Å²) in [5.74, 6) is 0.714. The number of hydrogen-bond acceptors (Lipinski definition) is 4. The fourth-order valence-corrected chi connectivity index (χ4v) is 1.85. The summed E-state index contributed by atoms with van der Waals surface area (Å²) in [6.45, 7) is 1.43. The van der Waals surface area contributed by atoms with Crippen molar-refractivity contribution in [2.75, 3.05) is 12.5 Å². The number of methoxy groups -OCH3 is 1. The molecule has 0 aliphatic carbocycles. The Balaban J connectivity index is 2.14. The second-order valence-electron chi connectivity index (χ2n) is 4.44. The molecule has 5 nitrogen and oxygen atoms in total. The molecule has 0 saturated carbocycles. The molecule has 0 fully saturated rings. The molecule has 2 N–H and O–H groups in total. The van der Waals surface area contributed by atoms with Gasteiger partial charge in [-0.3, -0.25) is 15.6 Å². The van der Waals surface area contributed by atoms with Gasteiger partial charge in [-0.2, -0.15) is 0 Å². The molecule has 0 bridgehead atoms. The van der Waals surface area contributed by atoms with Gasteiger partial charge in [-0.1, -0.05) is 23.7 Å². The molecule has 0 unspecified atom stereocenters. The number of para-hydroxylation sites is 1. The maximum atomic E-state index is 11.7. The topological polar surface area (TPSA) is 62.7 Å². The number of carbonyl (C=O) groups excluding carboxylic acids is 1. The number of Topliss-reactive ketones (excluding diaryl/α,β-unsaturated/α-hetero) is 1. The van der Waals surface area contributed by atoms with Gasteiger partial charge < -0.3 is 4.74 Å². The largest absolute Gasteiger partial charge is 0.497 e. The molecule has 2 rings (SSSR count). The molecular weight excluding hydrogens is 302 g/mol. The van der Waals surface area contributed by atoms with E-state index in [0.717, 1.165) is 5.75 Å². The highest BCUT2D eigenvalue weighted by molar-refractivity contribution is 6.38. The monoisotopic (exact) mass is 317 g/mol. The molecule has 0 radical (unpaired) electrons. The number of ketones is 1. The van der Waals surface area contributed by atoms with Crippen molar-refractivity contribution < 1.29 is 9.53 Å². The lowest BCUT2D eigenvalue weighted by Gasteiger charge is -2.11. The van der Waals surface area contributed by atoms with Crippen molar-refractivity contribution in [2.45, 2.75) is 6.92 Å². The van der Waals surface area contributed by atoms with Crippen molar-refractivity contribution >= 4 is 34.6 Å². The minimum atomic E-state index is -0.199. The molecule has 0 saturated heterocycles. The quantitative estimate of drug-likeness (QED) is 0.502. The Labute approximate surface area is 133 Å². The number of rotatable bonds is 5. The van der Waals surface area contributed by atoms with Crippen molar-refractivity contribution in [3.05, 3.63) is 53.6 Å². The molecule has 0 aromatic heterocycles. The van der Waals surface area contributed by atoms with Gasteiger partial charge in [0.1, 0.15) is 5.75 Å². The van der Waals surface area contributed by atoms with Gasteiger partial charge >= 0.3 is 0 Å². The fourth-order valence-electron chi connectivity index (χ4n) is 1.67. The van der Waals surface area contributed by atoms with Gasteiger partial charge in [0.2, 0.25) is 0 Å². The van der Waals surface area contributed by atoms with Crippen LogP contribution in [0.15, 0.2) is 53.5 Å². The lowest BCUT2D eigenvalue weighted by molar-refractivity contribution is -0.111. The van der Waals surface area contributed by atoms with Crippen LogP contribution in [-0.4, -0.2) is 18.7 Å². The third-order valence-electron chi connectivity index (χ3n) is 2.84. The maximum absolute atomic E-state index is 11.7. The van der Waals surface area contributed by atoms with Crippen molar-refractivity contribution in [3.63, 3.8) is 0 Å². The average molecular weight is 318 g/mol. The van der Waals surface area contributed by atoms with E-state index >= 15 is 0 Å². The standard InChI is InChI=1S/C16H16ClN3O2/c1-11(21)16(18-12-7-9-13(22-2)10-8-12)20-19-15-6-4-3-5-14(15)17/h3-10,19H,1-2H3,(H,18,20). The first-order valence-corrected chi connectivity index (χ1v) is 6.98. The number of carbonyl (C=O) groups is 1. The Morgan fingerprint density at radius 2 is 1.82 bits per heavy atom. The van der Waals surface area contributed by atoms with Crippen LogP contribution in [-0.2, 0) is 4.79 Å². The van der Waals surface area contributed by atoms with E-state index < -0.39 is 0 Å². The number of aliphatic imine (C=N–C) groups is 1. The van der Waals surface area contributed by atoms with Gasteiger partial charge in [-0.15, -0.1) is 0 Å². The van der Waals surface area contributed by atoms with E-state index in [1.54, 1.807) is 43.5 Å². The van der Waals surface area contributed by atoms with Crippen LogP contribution in [0.5, 0.6) is 5.75 Å². The summed E-state index contributed by atoms with van der Waals surface area (Å²) in [6.07, 6.45) is 0. The van der Waals surface area contributed by atoms with Gasteiger partial charge in [0.15, 0.2) is 11.6 Å². The minimum Gasteiger partial charge on any atom is -0.497 e. The molecule has 2 aromatic carbocycles. The Bertz CT molecular complexity index is 684. The highest BCUT2D eigenvalue weighted by atomic mass is 35.5. The lowest BCUT2D eigenvalue weighted by atomic mass is 10.3. The summed E-state index contributed by atoms with van der Waals surface area (Å²) < 4.78 is 5.08. The van der Waals surface area contributed by atoms with Gasteiger partial charge in [0.25, 0.3) is 0 Å². The minimum absolute atomic E-state index is 0.185. The fraction of sp³-hybridized carbons (Fsp3) is 0.125. The first kappa shape index (κ1) is 15.9. The molecular formula is C16H16ClN3O2. The smallest absolute Gasteiger partial charge is 0.196 e. The van der Waals surface area contributed by atoms with Crippen LogP contribution in [0.1, 0.15) is 6.92 Å². The van der Waals surface area contributed by atoms with Crippen LogP contribution in [0.2, 0.25) is 5.02 Å².